The first kappa shape index (κ1) is 11.5. The highest BCUT2D eigenvalue weighted by atomic mass is 16.5. The molecule has 0 saturated carbocycles. The summed E-state index contributed by atoms with van der Waals surface area (Å²) in [6.45, 7) is 1.23. The summed E-state index contributed by atoms with van der Waals surface area (Å²) in [4.78, 5) is 11.3. The maximum Gasteiger partial charge on any atom is 0.320 e. The number of ether oxygens (including phenoxy) is 1. The van der Waals surface area contributed by atoms with Gasteiger partial charge in [0.15, 0.2) is 5.82 Å². The van der Waals surface area contributed by atoms with E-state index >= 15 is 0 Å². The number of nitrogens with zero attached hydrogens (tertiary/aromatic N) is 2. The van der Waals surface area contributed by atoms with Gasteiger partial charge in [-0.3, -0.25) is 10.00 Å². The van der Waals surface area contributed by atoms with Crippen LogP contribution < -0.4 is 10.6 Å². The predicted octanol–water partition coefficient (Wildman–Crippen LogP) is 0.578. The fraction of sp³-hybridized carbons (Fsp3) is 0.556. The molecule has 0 aliphatic carbocycles. The van der Waals surface area contributed by atoms with Crippen LogP contribution in [0, 0.1) is 0 Å². The molecular formula is C9H16N4O2. The average molecular weight is 212 g/mol. The highest BCUT2D eigenvalue weighted by Crippen LogP contribution is 1.99. The molecule has 1 heterocycles. The summed E-state index contributed by atoms with van der Waals surface area (Å²) < 4.78 is 6.48. The minimum absolute atomic E-state index is 0.246. The third kappa shape index (κ3) is 4.46. The first-order valence-electron chi connectivity index (χ1n) is 4.76. The van der Waals surface area contributed by atoms with Gasteiger partial charge in [-0.05, 0) is 6.42 Å². The largest absolute Gasteiger partial charge is 0.385 e. The molecule has 0 saturated heterocycles. The maximum atomic E-state index is 11.3. The monoisotopic (exact) mass is 212 g/mol. The van der Waals surface area contributed by atoms with E-state index in [2.05, 4.69) is 15.7 Å². The second kappa shape index (κ2) is 6.02. The van der Waals surface area contributed by atoms with E-state index in [1.807, 2.05) is 0 Å². The van der Waals surface area contributed by atoms with Crippen molar-refractivity contribution in [2.75, 3.05) is 25.6 Å². The van der Waals surface area contributed by atoms with Crippen molar-refractivity contribution < 1.29 is 9.53 Å². The third-order valence-corrected chi connectivity index (χ3v) is 1.77. The number of amides is 2. The van der Waals surface area contributed by atoms with Gasteiger partial charge in [-0.2, -0.15) is 5.10 Å². The van der Waals surface area contributed by atoms with E-state index in [0.29, 0.717) is 19.0 Å². The van der Waals surface area contributed by atoms with Gasteiger partial charge in [0.2, 0.25) is 0 Å². The molecular weight excluding hydrogens is 196 g/mol. The van der Waals surface area contributed by atoms with Crippen molar-refractivity contribution >= 4 is 11.8 Å². The van der Waals surface area contributed by atoms with E-state index in [-0.39, 0.29) is 6.03 Å². The molecule has 6 nitrogen and oxygen atoms in total. The van der Waals surface area contributed by atoms with Crippen molar-refractivity contribution in [1.82, 2.24) is 15.1 Å². The quantitative estimate of drug-likeness (QED) is 0.701. The van der Waals surface area contributed by atoms with Crippen molar-refractivity contribution in [3.05, 3.63) is 12.3 Å². The van der Waals surface area contributed by atoms with Gasteiger partial charge < -0.3 is 10.1 Å². The van der Waals surface area contributed by atoms with Gasteiger partial charge in [-0.15, -0.1) is 0 Å². The molecule has 0 aromatic carbocycles. The van der Waals surface area contributed by atoms with E-state index in [4.69, 9.17) is 4.74 Å². The van der Waals surface area contributed by atoms with Gasteiger partial charge in [-0.25, -0.2) is 4.79 Å². The Labute approximate surface area is 88.6 Å². The highest BCUT2D eigenvalue weighted by molar-refractivity contribution is 5.88. The first-order valence-corrected chi connectivity index (χ1v) is 4.76. The second-order valence-electron chi connectivity index (χ2n) is 3.10. The fourth-order valence-corrected chi connectivity index (χ4v) is 1.06. The van der Waals surface area contributed by atoms with Gasteiger partial charge in [0, 0.05) is 39.6 Å². The summed E-state index contributed by atoms with van der Waals surface area (Å²) in [5.41, 5.74) is 0. The Morgan fingerprint density at radius 3 is 3.07 bits per heavy atom. The van der Waals surface area contributed by atoms with Crippen LogP contribution in [0.4, 0.5) is 10.6 Å². The zero-order valence-corrected chi connectivity index (χ0v) is 8.99. The van der Waals surface area contributed by atoms with Gasteiger partial charge in [0.1, 0.15) is 0 Å². The minimum atomic E-state index is -0.246. The van der Waals surface area contributed by atoms with E-state index in [1.165, 1.54) is 0 Å². The molecule has 0 spiro atoms. The Morgan fingerprint density at radius 2 is 2.47 bits per heavy atom. The van der Waals surface area contributed by atoms with Crippen molar-refractivity contribution in [2.45, 2.75) is 6.42 Å². The molecule has 2 amide bonds. The molecule has 1 rings (SSSR count). The normalized spacial score (nSPS) is 10.0. The van der Waals surface area contributed by atoms with Crippen LogP contribution in [-0.4, -0.2) is 36.1 Å². The fourth-order valence-electron chi connectivity index (χ4n) is 1.06. The Balaban J connectivity index is 2.18. The standard InChI is InChI=1S/C9H16N4O2/c1-13-6-4-8(12-13)11-9(14)10-5-3-7-15-2/h4,6H,3,5,7H2,1-2H3,(H2,10,11,12,14). The molecule has 1 aromatic heterocycles. The molecule has 6 heteroatoms. The summed E-state index contributed by atoms with van der Waals surface area (Å²) in [5, 5.41) is 9.33. The number of aromatic nitrogens is 2. The van der Waals surface area contributed by atoms with Crippen molar-refractivity contribution in [1.29, 1.82) is 0 Å². The molecule has 0 atom stereocenters. The number of methoxy groups -OCH3 is 1. The highest BCUT2D eigenvalue weighted by Gasteiger charge is 2.02. The number of hydrogen-bond donors (Lipinski definition) is 2. The molecule has 0 fully saturated rings. The van der Waals surface area contributed by atoms with Crippen LogP contribution in [0.15, 0.2) is 12.3 Å². The Kier molecular flexibility index (Phi) is 4.62. The molecule has 15 heavy (non-hydrogen) atoms. The number of carbonyl (C=O) groups is 1. The van der Waals surface area contributed by atoms with Crippen LogP contribution in [0.5, 0.6) is 0 Å². The van der Waals surface area contributed by atoms with Gasteiger partial charge in [0.25, 0.3) is 0 Å². The van der Waals surface area contributed by atoms with Crippen LogP contribution in [0.1, 0.15) is 6.42 Å². The Bertz CT molecular complexity index is 311. The SMILES string of the molecule is COCCCNC(=O)Nc1ccn(C)n1. The number of aryl methyl sites for hydroxylation is 1. The van der Waals surface area contributed by atoms with Crippen molar-refractivity contribution in [2.24, 2.45) is 7.05 Å². The molecule has 0 bridgehead atoms. The van der Waals surface area contributed by atoms with Crippen LogP contribution in [-0.2, 0) is 11.8 Å². The lowest BCUT2D eigenvalue weighted by Gasteiger charge is -2.04. The minimum Gasteiger partial charge on any atom is -0.385 e. The molecule has 1 aromatic rings. The maximum absolute atomic E-state index is 11.3. The van der Waals surface area contributed by atoms with Crippen LogP contribution in [0.25, 0.3) is 0 Å². The lowest BCUT2D eigenvalue weighted by atomic mass is 10.4. The molecule has 0 radical (unpaired) electrons. The van der Waals surface area contributed by atoms with E-state index in [0.717, 1.165) is 6.42 Å². The van der Waals surface area contributed by atoms with Crippen LogP contribution in [0.3, 0.4) is 0 Å². The summed E-state index contributed by atoms with van der Waals surface area (Å²) >= 11 is 0. The van der Waals surface area contributed by atoms with E-state index in [1.54, 1.807) is 31.1 Å². The smallest absolute Gasteiger partial charge is 0.320 e. The average Bonchev–Trinajstić information content (AvgIpc) is 2.59. The molecule has 0 unspecified atom stereocenters. The predicted molar refractivity (Wildman–Crippen MR) is 56.7 cm³/mol. The van der Waals surface area contributed by atoms with Crippen molar-refractivity contribution in [3.63, 3.8) is 0 Å². The number of anilines is 1. The molecule has 0 aliphatic heterocycles. The summed E-state index contributed by atoms with van der Waals surface area (Å²) in [7, 11) is 3.43. The summed E-state index contributed by atoms with van der Waals surface area (Å²) in [6, 6.07) is 1.49. The number of nitrogens with one attached hydrogen (secondary N) is 2. The zero-order valence-electron chi connectivity index (χ0n) is 8.99. The van der Waals surface area contributed by atoms with Gasteiger partial charge in [-0.1, -0.05) is 0 Å². The number of carbonyl (C=O) groups excluding carboxylic acids is 1. The van der Waals surface area contributed by atoms with E-state index < -0.39 is 0 Å². The molecule has 84 valence electrons. The Hall–Kier alpha value is -1.56. The third-order valence-electron chi connectivity index (χ3n) is 1.77. The number of hydrogen-bond acceptors (Lipinski definition) is 3. The Morgan fingerprint density at radius 1 is 1.67 bits per heavy atom. The number of urea groups is 1. The summed E-state index contributed by atoms with van der Waals surface area (Å²) in [5.74, 6) is 0.543. The lowest BCUT2D eigenvalue weighted by Crippen LogP contribution is -2.30. The van der Waals surface area contributed by atoms with Crippen molar-refractivity contribution in [3.8, 4) is 0 Å². The lowest BCUT2D eigenvalue weighted by molar-refractivity contribution is 0.194. The van der Waals surface area contributed by atoms with Gasteiger partial charge in [0.05, 0.1) is 0 Å². The number of rotatable bonds is 5. The molecule has 2 N–H and O–H groups in total. The molecule has 0 aliphatic rings. The van der Waals surface area contributed by atoms with Gasteiger partial charge >= 0.3 is 6.03 Å². The zero-order chi connectivity index (χ0) is 11.1. The second-order valence-corrected chi connectivity index (χ2v) is 3.10. The first-order chi connectivity index (χ1) is 7.22. The van der Waals surface area contributed by atoms with Crippen LogP contribution in [0.2, 0.25) is 0 Å². The summed E-state index contributed by atoms with van der Waals surface area (Å²) in [6.07, 6.45) is 2.56. The topological polar surface area (TPSA) is 68.2 Å². The van der Waals surface area contributed by atoms with Crippen LogP contribution >= 0.6 is 0 Å². The van der Waals surface area contributed by atoms with E-state index in [9.17, 15) is 4.79 Å².